The number of nitrogens with one attached hydrogen (secondary N) is 1. The van der Waals surface area contributed by atoms with Crippen molar-refractivity contribution in [3.8, 4) is 11.5 Å². The summed E-state index contributed by atoms with van der Waals surface area (Å²) in [7, 11) is 3.04. The van der Waals surface area contributed by atoms with E-state index >= 15 is 0 Å². The third-order valence-electron chi connectivity index (χ3n) is 5.27. The molecule has 0 saturated carbocycles. The van der Waals surface area contributed by atoms with Crippen LogP contribution >= 0.6 is 0 Å². The lowest BCUT2D eigenvalue weighted by atomic mass is 10.0. The number of unbranched alkanes of at least 4 members (excludes halogenated alkanes) is 1. The minimum atomic E-state index is -0.442. The normalized spacial score (nSPS) is 13.6. The van der Waals surface area contributed by atoms with Gasteiger partial charge in [0.2, 0.25) is 0 Å². The van der Waals surface area contributed by atoms with Gasteiger partial charge >= 0.3 is 0 Å². The van der Waals surface area contributed by atoms with Crippen LogP contribution in [-0.2, 0) is 14.3 Å². The van der Waals surface area contributed by atoms with Gasteiger partial charge in [0.05, 0.1) is 19.8 Å². The Balaban J connectivity index is 1.86. The number of carbonyl (C=O) groups is 2. The molecule has 2 amide bonds. The number of imide groups is 1. The van der Waals surface area contributed by atoms with E-state index in [-0.39, 0.29) is 17.8 Å². The van der Waals surface area contributed by atoms with E-state index in [1.54, 1.807) is 18.2 Å². The number of methoxy groups -OCH3 is 2. The molecular formula is C25H29FN2O5. The number of ether oxygens (including phenoxy) is 3. The summed E-state index contributed by atoms with van der Waals surface area (Å²) in [6.45, 7) is 3.43. The predicted molar refractivity (Wildman–Crippen MR) is 124 cm³/mol. The molecule has 1 heterocycles. The van der Waals surface area contributed by atoms with Gasteiger partial charge in [-0.25, -0.2) is 4.39 Å². The SMILES string of the molecule is CCCCOCCCN1C(=O)C(Nc2ccc(OC)c(OC)c2)=C(c2ccc(F)cc2)C1=O. The molecule has 0 bridgehead atoms. The highest BCUT2D eigenvalue weighted by Gasteiger charge is 2.39. The minimum absolute atomic E-state index is 0.130. The summed E-state index contributed by atoms with van der Waals surface area (Å²) in [6, 6.07) is 10.6. The Morgan fingerprint density at radius 1 is 0.909 bits per heavy atom. The smallest absolute Gasteiger partial charge is 0.278 e. The molecule has 3 rings (SSSR count). The first kappa shape index (κ1) is 24.3. The quantitative estimate of drug-likeness (QED) is 0.380. The summed E-state index contributed by atoms with van der Waals surface area (Å²) in [6.07, 6.45) is 2.54. The third-order valence-corrected chi connectivity index (χ3v) is 5.27. The van der Waals surface area contributed by atoms with Crippen molar-refractivity contribution >= 4 is 23.1 Å². The zero-order valence-electron chi connectivity index (χ0n) is 19.2. The summed E-state index contributed by atoms with van der Waals surface area (Å²) in [4.78, 5) is 27.6. The lowest BCUT2D eigenvalue weighted by Gasteiger charge is -2.15. The number of amides is 2. The van der Waals surface area contributed by atoms with Crippen molar-refractivity contribution in [1.82, 2.24) is 4.90 Å². The number of halogens is 1. The van der Waals surface area contributed by atoms with E-state index < -0.39 is 17.6 Å². The van der Waals surface area contributed by atoms with Crippen molar-refractivity contribution in [2.24, 2.45) is 0 Å². The van der Waals surface area contributed by atoms with E-state index in [1.165, 1.54) is 43.4 Å². The zero-order chi connectivity index (χ0) is 23.8. The van der Waals surface area contributed by atoms with Crippen LogP contribution in [0.5, 0.6) is 11.5 Å². The van der Waals surface area contributed by atoms with Gasteiger partial charge in [0, 0.05) is 31.5 Å². The molecule has 0 radical (unpaired) electrons. The summed E-state index contributed by atoms with van der Waals surface area (Å²) >= 11 is 0. The van der Waals surface area contributed by atoms with Crippen LogP contribution in [0.2, 0.25) is 0 Å². The Bertz CT molecular complexity index is 1020. The standard InChI is InChI=1S/C25H29FN2O5/c1-4-5-14-33-15-6-13-28-24(29)22(17-7-9-18(26)10-8-17)23(25(28)30)27-19-11-12-20(31-2)21(16-19)32-3/h7-12,16,27H,4-6,13-15H2,1-3H3. The highest BCUT2D eigenvalue weighted by Crippen LogP contribution is 2.34. The molecule has 8 heteroatoms. The molecule has 0 spiro atoms. The molecular weight excluding hydrogens is 427 g/mol. The second-order valence-electron chi connectivity index (χ2n) is 7.53. The van der Waals surface area contributed by atoms with Gasteiger partial charge < -0.3 is 19.5 Å². The molecule has 1 aliphatic heterocycles. The molecule has 1 aliphatic rings. The summed E-state index contributed by atoms with van der Waals surface area (Å²) < 4.78 is 29.6. The number of nitrogens with zero attached hydrogens (tertiary/aromatic N) is 1. The molecule has 2 aromatic carbocycles. The molecule has 1 N–H and O–H groups in total. The van der Waals surface area contributed by atoms with Crippen molar-refractivity contribution in [2.75, 3.05) is 39.3 Å². The maximum Gasteiger partial charge on any atom is 0.278 e. The molecule has 33 heavy (non-hydrogen) atoms. The highest BCUT2D eigenvalue weighted by molar-refractivity contribution is 6.36. The van der Waals surface area contributed by atoms with Crippen molar-refractivity contribution < 1.29 is 28.2 Å². The van der Waals surface area contributed by atoms with Crippen LogP contribution in [0.25, 0.3) is 5.57 Å². The maximum atomic E-state index is 13.5. The Morgan fingerprint density at radius 3 is 2.27 bits per heavy atom. The van der Waals surface area contributed by atoms with Crippen LogP contribution in [0.1, 0.15) is 31.7 Å². The molecule has 176 valence electrons. The highest BCUT2D eigenvalue weighted by atomic mass is 19.1. The van der Waals surface area contributed by atoms with E-state index in [1.807, 2.05) is 0 Å². The van der Waals surface area contributed by atoms with E-state index in [0.29, 0.717) is 42.4 Å². The average Bonchev–Trinajstić information content (AvgIpc) is 3.05. The van der Waals surface area contributed by atoms with Crippen molar-refractivity contribution in [1.29, 1.82) is 0 Å². The van der Waals surface area contributed by atoms with E-state index in [9.17, 15) is 14.0 Å². The molecule has 0 aliphatic carbocycles. The van der Waals surface area contributed by atoms with Crippen molar-refractivity contribution in [3.05, 3.63) is 59.5 Å². The zero-order valence-corrected chi connectivity index (χ0v) is 19.2. The van der Waals surface area contributed by atoms with Crippen molar-refractivity contribution in [2.45, 2.75) is 26.2 Å². The van der Waals surface area contributed by atoms with E-state index in [4.69, 9.17) is 14.2 Å². The van der Waals surface area contributed by atoms with E-state index in [2.05, 4.69) is 12.2 Å². The van der Waals surface area contributed by atoms with Gasteiger partial charge in [-0.05, 0) is 42.7 Å². The van der Waals surface area contributed by atoms with Gasteiger partial charge in [-0.3, -0.25) is 14.5 Å². The molecule has 0 aromatic heterocycles. The second-order valence-corrected chi connectivity index (χ2v) is 7.53. The lowest BCUT2D eigenvalue weighted by molar-refractivity contribution is -0.137. The Kier molecular flexibility index (Phi) is 8.43. The van der Waals surface area contributed by atoms with Crippen LogP contribution < -0.4 is 14.8 Å². The fourth-order valence-electron chi connectivity index (χ4n) is 3.51. The maximum absolute atomic E-state index is 13.5. The average molecular weight is 457 g/mol. The van der Waals surface area contributed by atoms with Gasteiger partial charge in [0.1, 0.15) is 11.5 Å². The van der Waals surface area contributed by atoms with Gasteiger partial charge in [-0.2, -0.15) is 0 Å². The topological polar surface area (TPSA) is 77.1 Å². The lowest BCUT2D eigenvalue weighted by Crippen LogP contribution is -2.34. The first-order valence-corrected chi connectivity index (χ1v) is 10.9. The number of benzene rings is 2. The van der Waals surface area contributed by atoms with Gasteiger partial charge in [-0.1, -0.05) is 25.5 Å². The third kappa shape index (κ3) is 5.70. The molecule has 0 saturated heterocycles. The molecule has 0 atom stereocenters. The summed E-state index contributed by atoms with van der Waals surface area (Å²) in [5.74, 6) is -0.281. The molecule has 0 unspecified atom stereocenters. The molecule has 2 aromatic rings. The van der Waals surface area contributed by atoms with Gasteiger partial charge in [0.25, 0.3) is 11.8 Å². The van der Waals surface area contributed by atoms with Crippen molar-refractivity contribution in [3.63, 3.8) is 0 Å². The second kappa shape index (κ2) is 11.5. The van der Waals surface area contributed by atoms with Crippen LogP contribution in [0, 0.1) is 5.82 Å². The monoisotopic (exact) mass is 456 g/mol. The Morgan fingerprint density at radius 2 is 1.61 bits per heavy atom. The number of hydrogen-bond acceptors (Lipinski definition) is 6. The first-order valence-electron chi connectivity index (χ1n) is 10.9. The largest absolute Gasteiger partial charge is 0.493 e. The minimum Gasteiger partial charge on any atom is -0.493 e. The summed E-state index contributed by atoms with van der Waals surface area (Å²) in [5.41, 5.74) is 1.33. The summed E-state index contributed by atoms with van der Waals surface area (Å²) in [5, 5.41) is 3.07. The van der Waals surface area contributed by atoms with Crippen LogP contribution in [-0.4, -0.2) is 50.7 Å². The van der Waals surface area contributed by atoms with E-state index in [0.717, 1.165) is 12.8 Å². The molecule has 7 nitrogen and oxygen atoms in total. The number of anilines is 1. The van der Waals surface area contributed by atoms with Gasteiger partial charge in [0.15, 0.2) is 11.5 Å². The first-order chi connectivity index (χ1) is 16.0. The van der Waals surface area contributed by atoms with Crippen LogP contribution in [0.15, 0.2) is 48.2 Å². The molecule has 0 fully saturated rings. The number of hydrogen-bond donors (Lipinski definition) is 1. The van der Waals surface area contributed by atoms with Gasteiger partial charge in [-0.15, -0.1) is 0 Å². The fourth-order valence-corrected chi connectivity index (χ4v) is 3.51. The Labute approximate surface area is 193 Å². The number of rotatable bonds is 12. The number of carbonyl (C=O) groups excluding carboxylic acids is 2. The predicted octanol–water partition coefficient (Wildman–Crippen LogP) is 4.24. The van der Waals surface area contributed by atoms with Crippen LogP contribution in [0.4, 0.5) is 10.1 Å². The van der Waals surface area contributed by atoms with Crippen LogP contribution in [0.3, 0.4) is 0 Å². The fraction of sp³-hybridized carbons (Fsp3) is 0.360. The Hall–Kier alpha value is -3.39.